The summed E-state index contributed by atoms with van der Waals surface area (Å²) in [5.74, 6) is -0.941. The van der Waals surface area contributed by atoms with Gasteiger partial charge >= 0.3 is 11.9 Å². The third-order valence-electron chi connectivity index (χ3n) is 5.45. The number of hydrogen-bond acceptors (Lipinski definition) is 6. The van der Waals surface area contributed by atoms with Crippen molar-refractivity contribution in [1.29, 1.82) is 0 Å². The summed E-state index contributed by atoms with van der Waals surface area (Å²) < 4.78 is 9.60. The normalized spacial score (nSPS) is 10.7. The lowest BCUT2D eigenvalue weighted by atomic mass is 9.87. The number of carbonyl (C=O) groups is 4. The molecular formula is C26H18O6. The van der Waals surface area contributed by atoms with Gasteiger partial charge in [-0.3, -0.25) is 9.59 Å². The van der Waals surface area contributed by atoms with Crippen LogP contribution in [0.2, 0.25) is 0 Å². The van der Waals surface area contributed by atoms with Crippen molar-refractivity contribution in [3.63, 3.8) is 0 Å². The lowest BCUT2D eigenvalue weighted by Crippen LogP contribution is -2.02. The van der Waals surface area contributed by atoms with Crippen LogP contribution in [0.15, 0.2) is 60.7 Å². The Bertz CT molecular complexity index is 1310. The summed E-state index contributed by atoms with van der Waals surface area (Å²) in [5.41, 5.74) is 2.70. The molecule has 0 radical (unpaired) electrons. The third kappa shape index (κ3) is 3.41. The van der Waals surface area contributed by atoms with E-state index < -0.39 is 11.9 Å². The van der Waals surface area contributed by atoms with E-state index >= 15 is 0 Å². The van der Waals surface area contributed by atoms with E-state index in [9.17, 15) is 19.2 Å². The smallest absolute Gasteiger partial charge is 0.337 e. The van der Waals surface area contributed by atoms with Crippen molar-refractivity contribution in [1.82, 2.24) is 0 Å². The van der Waals surface area contributed by atoms with Crippen LogP contribution in [-0.4, -0.2) is 38.7 Å². The minimum absolute atomic E-state index is 0.376. The molecule has 0 aliphatic heterocycles. The van der Waals surface area contributed by atoms with Crippen molar-refractivity contribution in [2.24, 2.45) is 0 Å². The summed E-state index contributed by atoms with van der Waals surface area (Å²) in [4.78, 5) is 47.8. The average molecular weight is 426 g/mol. The molecule has 6 heteroatoms. The zero-order chi connectivity index (χ0) is 22.8. The zero-order valence-electron chi connectivity index (χ0n) is 17.4. The fourth-order valence-corrected chi connectivity index (χ4v) is 3.94. The largest absolute Gasteiger partial charge is 0.465 e. The van der Waals surface area contributed by atoms with Crippen molar-refractivity contribution < 1.29 is 28.7 Å². The number of fused-ring (bicyclic) bond motifs is 2. The number of benzene rings is 4. The summed E-state index contributed by atoms with van der Waals surface area (Å²) in [6.45, 7) is 0. The molecule has 0 heterocycles. The van der Waals surface area contributed by atoms with Gasteiger partial charge in [0.2, 0.25) is 0 Å². The predicted octanol–water partition coefficient (Wildman–Crippen LogP) is 4.86. The van der Waals surface area contributed by atoms with Crippen LogP contribution in [0.25, 0.3) is 32.7 Å². The van der Waals surface area contributed by atoms with E-state index in [1.165, 1.54) is 14.2 Å². The first kappa shape index (κ1) is 20.9. The quantitative estimate of drug-likeness (QED) is 0.335. The van der Waals surface area contributed by atoms with Gasteiger partial charge in [0.25, 0.3) is 0 Å². The van der Waals surface area contributed by atoms with E-state index in [4.69, 9.17) is 9.47 Å². The van der Waals surface area contributed by atoms with Gasteiger partial charge in [0.15, 0.2) is 12.6 Å². The molecule has 0 fully saturated rings. The summed E-state index contributed by atoms with van der Waals surface area (Å²) in [5, 5.41) is 2.84. The molecule has 0 amide bonds. The van der Waals surface area contributed by atoms with Gasteiger partial charge in [-0.2, -0.15) is 0 Å². The van der Waals surface area contributed by atoms with Gasteiger partial charge in [-0.15, -0.1) is 0 Å². The maximum Gasteiger partial charge on any atom is 0.337 e. The minimum Gasteiger partial charge on any atom is -0.465 e. The molecule has 6 nitrogen and oxygen atoms in total. The van der Waals surface area contributed by atoms with Crippen LogP contribution in [0.3, 0.4) is 0 Å². The first-order valence-electron chi connectivity index (χ1n) is 9.73. The number of methoxy groups -OCH3 is 2. The van der Waals surface area contributed by atoms with Crippen LogP contribution in [-0.2, 0) is 9.47 Å². The maximum absolute atomic E-state index is 12.0. The lowest BCUT2D eigenvalue weighted by Gasteiger charge is -2.16. The van der Waals surface area contributed by atoms with Gasteiger partial charge in [0.1, 0.15) is 0 Å². The molecule has 0 aliphatic carbocycles. The Hall–Kier alpha value is -4.32. The molecule has 0 unspecified atom stereocenters. The highest BCUT2D eigenvalue weighted by Gasteiger charge is 2.18. The van der Waals surface area contributed by atoms with Crippen LogP contribution in [0.4, 0.5) is 0 Å². The number of ether oxygens (including phenoxy) is 2. The van der Waals surface area contributed by atoms with Crippen molar-refractivity contribution in [2.45, 2.75) is 0 Å². The maximum atomic E-state index is 12.0. The van der Waals surface area contributed by atoms with Gasteiger partial charge in [-0.05, 0) is 45.8 Å². The first-order valence-corrected chi connectivity index (χ1v) is 9.73. The van der Waals surface area contributed by atoms with Crippen LogP contribution in [0.5, 0.6) is 0 Å². The van der Waals surface area contributed by atoms with E-state index in [2.05, 4.69) is 0 Å². The summed E-state index contributed by atoms with van der Waals surface area (Å²) in [6.07, 6.45) is 1.47. The number of aldehydes is 2. The van der Waals surface area contributed by atoms with Gasteiger partial charge in [0.05, 0.1) is 25.3 Å². The Morgan fingerprint density at radius 3 is 1.38 bits per heavy atom. The Morgan fingerprint density at radius 2 is 1.03 bits per heavy atom. The molecular weight excluding hydrogens is 408 g/mol. The van der Waals surface area contributed by atoms with E-state index in [1.807, 2.05) is 0 Å². The van der Waals surface area contributed by atoms with Crippen LogP contribution >= 0.6 is 0 Å². The topological polar surface area (TPSA) is 86.7 Å². The molecule has 0 aromatic heterocycles. The van der Waals surface area contributed by atoms with Crippen molar-refractivity contribution in [2.75, 3.05) is 14.2 Å². The van der Waals surface area contributed by atoms with E-state index in [1.54, 1.807) is 60.7 Å². The molecule has 4 rings (SSSR count). The van der Waals surface area contributed by atoms with E-state index in [0.717, 1.165) is 12.6 Å². The molecule has 0 aliphatic rings. The Kier molecular flexibility index (Phi) is 5.52. The second-order valence-corrected chi connectivity index (χ2v) is 7.15. The zero-order valence-corrected chi connectivity index (χ0v) is 17.4. The molecule has 0 N–H and O–H groups in total. The van der Waals surface area contributed by atoms with Gasteiger partial charge < -0.3 is 9.47 Å². The van der Waals surface area contributed by atoms with E-state index in [-0.39, 0.29) is 0 Å². The summed E-state index contributed by atoms with van der Waals surface area (Å²) in [6, 6.07) is 16.9. The van der Waals surface area contributed by atoms with Gasteiger partial charge in [-0.1, -0.05) is 36.4 Å². The van der Waals surface area contributed by atoms with Crippen molar-refractivity contribution >= 4 is 46.1 Å². The van der Waals surface area contributed by atoms with Crippen LogP contribution < -0.4 is 0 Å². The fraction of sp³-hybridized carbons (Fsp3) is 0.0769. The molecule has 32 heavy (non-hydrogen) atoms. The second-order valence-electron chi connectivity index (χ2n) is 7.15. The third-order valence-corrected chi connectivity index (χ3v) is 5.45. The van der Waals surface area contributed by atoms with Gasteiger partial charge in [-0.25, -0.2) is 9.59 Å². The van der Waals surface area contributed by atoms with Crippen LogP contribution in [0.1, 0.15) is 41.4 Å². The first-order chi connectivity index (χ1) is 15.5. The van der Waals surface area contributed by atoms with E-state index in [0.29, 0.717) is 54.9 Å². The minimum atomic E-state index is -0.470. The molecule has 4 aromatic carbocycles. The number of hydrogen-bond donors (Lipinski definition) is 0. The van der Waals surface area contributed by atoms with Gasteiger partial charge in [0, 0.05) is 22.3 Å². The molecule has 0 atom stereocenters. The molecule has 0 saturated carbocycles. The molecule has 158 valence electrons. The predicted molar refractivity (Wildman–Crippen MR) is 120 cm³/mol. The number of rotatable bonds is 5. The molecule has 4 aromatic rings. The molecule has 0 bridgehead atoms. The highest BCUT2D eigenvalue weighted by atomic mass is 16.5. The number of carbonyl (C=O) groups excluding carboxylic acids is 4. The standard InChI is InChI=1S/C26H18O6/c1-31-25(29)17-7-9-21-15(11-17)3-5-19(13-27)23(21)24-20(14-28)6-4-16-12-18(26(30)32-2)8-10-22(16)24/h3-14H,1-2H3. The van der Waals surface area contributed by atoms with Crippen molar-refractivity contribution in [3.8, 4) is 11.1 Å². The highest BCUT2D eigenvalue weighted by molar-refractivity contribution is 6.15. The summed E-state index contributed by atoms with van der Waals surface area (Å²) >= 11 is 0. The molecule has 0 saturated heterocycles. The number of esters is 2. The Labute approximate surface area is 183 Å². The Balaban J connectivity index is 2.09. The highest BCUT2D eigenvalue weighted by Crippen LogP contribution is 2.39. The second kappa shape index (κ2) is 8.43. The Morgan fingerprint density at radius 1 is 0.625 bits per heavy atom. The van der Waals surface area contributed by atoms with Crippen molar-refractivity contribution in [3.05, 3.63) is 82.9 Å². The fourth-order valence-electron chi connectivity index (χ4n) is 3.94. The lowest BCUT2D eigenvalue weighted by molar-refractivity contribution is 0.0592. The monoisotopic (exact) mass is 426 g/mol. The average Bonchev–Trinajstić information content (AvgIpc) is 2.85. The van der Waals surface area contributed by atoms with Crippen LogP contribution in [0, 0.1) is 0 Å². The molecule has 0 spiro atoms. The summed E-state index contributed by atoms with van der Waals surface area (Å²) in [7, 11) is 2.62. The SMILES string of the molecule is COC(=O)c1ccc2c(-c3c(C=O)ccc4cc(C(=O)OC)ccc34)c(C=O)ccc2c1.